The standard InChI is InChI=1S/C10H23NOS/c1-4-10(12,8-11)6-5-7-13-9(2)3/h9,12H,4-8,11H2,1-3H3. The molecule has 0 spiro atoms. The van der Waals surface area contributed by atoms with Crippen molar-refractivity contribution in [1.29, 1.82) is 0 Å². The predicted molar refractivity (Wildman–Crippen MR) is 61.1 cm³/mol. The first-order valence-electron chi connectivity index (χ1n) is 5.08. The minimum atomic E-state index is -0.614. The molecule has 1 unspecified atom stereocenters. The van der Waals surface area contributed by atoms with Gasteiger partial charge in [0.25, 0.3) is 0 Å². The second-order valence-electron chi connectivity index (χ2n) is 3.81. The van der Waals surface area contributed by atoms with Crippen molar-refractivity contribution in [1.82, 2.24) is 0 Å². The minimum Gasteiger partial charge on any atom is -0.389 e. The van der Waals surface area contributed by atoms with Crippen molar-refractivity contribution in [3.05, 3.63) is 0 Å². The molecule has 0 aliphatic heterocycles. The molecule has 13 heavy (non-hydrogen) atoms. The Balaban J connectivity index is 3.50. The van der Waals surface area contributed by atoms with E-state index in [0.717, 1.165) is 25.0 Å². The van der Waals surface area contributed by atoms with Crippen LogP contribution in [0.15, 0.2) is 0 Å². The van der Waals surface area contributed by atoms with Gasteiger partial charge in [0.2, 0.25) is 0 Å². The van der Waals surface area contributed by atoms with E-state index in [1.54, 1.807) is 0 Å². The monoisotopic (exact) mass is 205 g/mol. The summed E-state index contributed by atoms with van der Waals surface area (Å²) in [6, 6.07) is 0. The van der Waals surface area contributed by atoms with Crippen molar-refractivity contribution in [2.75, 3.05) is 12.3 Å². The maximum absolute atomic E-state index is 9.86. The van der Waals surface area contributed by atoms with E-state index in [2.05, 4.69) is 13.8 Å². The van der Waals surface area contributed by atoms with Gasteiger partial charge in [0.1, 0.15) is 0 Å². The summed E-state index contributed by atoms with van der Waals surface area (Å²) in [6.45, 7) is 6.76. The molecule has 0 rings (SSSR count). The molecular weight excluding hydrogens is 182 g/mol. The number of thioether (sulfide) groups is 1. The molecule has 0 aliphatic rings. The van der Waals surface area contributed by atoms with Crippen molar-refractivity contribution >= 4 is 11.8 Å². The fraction of sp³-hybridized carbons (Fsp3) is 1.00. The van der Waals surface area contributed by atoms with Crippen molar-refractivity contribution in [3.8, 4) is 0 Å². The molecule has 0 saturated heterocycles. The lowest BCUT2D eigenvalue weighted by Crippen LogP contribution is -2.36. The molecular formula is C10H23NOS. The van der Waals surface area contributed by atoms with Crippen LogP contribution >= 0.6 is 11.8 Å². The van der Waals surface area contributed by atoms with Gasteiger partial charge in [0.15, 0.2) is 0 Å². The molecule has 80 valence electrons. The van der Waals surface area contributed by atoms with Crippen LogP contribution in [0.3, 0.4) is 0 Å². The number of aliphatic hydroxyl groups is 1. The summed E-state index contributed by atoms with van der Waals surface area (Å²) in [7, 11) is 0. The molecule has 0 amide bonds. The van der Waals surface area contributed by atoms with Crippen LogP contribution in [-0.4, -0.2) is 28.3 Å². The van der Waals surface area contributed by atoms with Crippen LogP contribution < -0.4 is 5.73 Å². The summed E-state index contributed by atoms with van der Waals surface area (Å²) in [4.78, 5) is 0. The van der Waals surface area contributed by atoms with Gasteiger partial charge in [0, 0.05) is 6.54 Å². The summed E-state index contributed by atoms with van der Waals surface area (Å²) >= 11 is 1.94. The maximum atomic E-state index is 9.86. The van der Waals surface area contributed by atoms with E-state index in [4.69, 9.17) is 5.73 Å². The molecule has 3 heteroatoms. The van der Waals surface area contributed by atoms with E-state index in [-0.39, 0.29) is 0 Å². The van der Waals surface area contributed by atoms with E-state index in [0.29, 0.717) is 11.8 Å². The van der Waals surface area contributed by atoms with E-state index < -0.39 is 5.60 Å². The van der Waals surface area contributed by atoms with Crippen LogP contribution in [0.5, 0.6) is 0 Å². The molecule has 0 aliphatic carbocycles. The number of nitrogens with two attached hydrogens (primary N) is 1. The summed E-state index contributed by atoms with van der Waals surface area (Å²) in [5, 5.41) is 10.5. The van der Waals surface area contributed by atoms with Crippen LogP contribution in [0.4, 0.5) is 0 Å². The Morgan fingerprint density at radius 1 is 1.46 bits per heavy atom. The predicted octanol–water partition coefficient (Wildman–Crippen LogP) is 2.01. The highest BCUT2D eigenvalue weighted by Crippen LogP contribution is 2.19. The Kier molecular flexibility index (Phi) is 6.82. The topological polar surface area (TPSA) is 46.2 Å². The summed E-state index contributed by atoms with van der Waals surface area (Å²) < 4.78 is 0. The van der Waals surface area contributed by atoms with Crippen LogP contribution in [0.1, 0.15) is 40.0 Å². The molecule has 0 aromatic heterocycles. The van der Waals surface area contributed by atoms with Gasteiger partial charge in [-0.25, -0.2) is 0 Å². The van der Waals surface area contributed by atoms with Gasteiger partial charge in [-0.3, -0.25) is 0 Å². The van der Waals surface area contributed by atoms with E-state index in [1.807, 2.05) is 18.7 Å². The SMILES string of the molecule is CCC(O)(CN)CCCSC(C)C. The largest absolute Gasteiger partial charge is 0.389 e. The zero-order valence-electron chi connectivity index (χ0n) is 9.05. The Bertz CT molecular complexity index is 124. The zero-order chi connectivity index (χ0) is 10.3. The fourth-order valence-corrected chi connectivity index (χ4v) is 1.93. The molecule has 3 N–H and O–H groups in total. The van der Waals surface area contributed by atoms with Gasteiger partial charge >= 0.3 is 0 Å². The minimum absolute atomic E-state index is 0.385. The highest BCUT2D eigenvalue weighted by atomic mass is 32.2. The molecule has 0 heterocycles. The van der Waals surface area contributed by atoms with E-state index in [1.165, 1.54) is 0 Å². The quantitative estimate of drug-likeness (QED) is 0.625. The van der Waals surface area contributed by atoms with Gasteiger partial charge in [-0.15, -0.1) is 0 Å². The van der Waals surface area contributed by atoms with Crippen LogP contribution in [-0.2, 0) is 0 Å². The highest BCUT2D eigenvalue weighted by Gasteiger charge is 2.21. The molecule has 0 bridgehead atoms. The summed E-state index contributed by atoms with van der Waals surface area (Å²) in [6.07, 6.45) is 2.65. The third-order valence-electron chi connectivity index (χ3n) is 2.28. The van der Waals surface area contributed by atoms with Gasteiger partial charge in [-0.1, -0.05) is 20.8 Å². The Morgan fingerprint density at radius 2 is 2.08 bits per heavy atom. The lowest BCUT2D eigenvalue weighted by atomic mass is 9.95. The second-order valence-corrected chi connectivity index (χ2v) is 5.49. The molecule has 2 nitrogen and oxygen atoms in total. The van der Waals surface area contributed by atoms with Crippen molar-refractivity contribution in [2.24, 2.45) is 5.73 Å². The van der Waals surface area contributed by atoms with Crippen molar-refractivity contribution in [2.45, 2.75) is 50.9 Å². The molecule has 0 saturated carbocycles. The molecule has 1 atom stereocenters. The molecule has 0 aromatic carbocycles. The third-order valence-corrected chi connectivity index (χ3v) is 3.47. The van der Waals surface area contributed by atoms with E-state index >= 15 is 0 Å². The lowest BCUT2D eigenvalue weighted by Gasteiger charge is -2.24. The maximum Gasteiger partial charge on any atom is 0.0767 e. The van der Waals surface area contributed by atoms with Gasteiger partial charge in [-0.05, 0) is 30.3 Å². The Hall–Kier alpha value is 0.270. The molecule has 0 aromatic rings. The summed E-state index contributed by atoms with van der Waals surface area (Å²) in [5.41, 5.74) is 4.89. The average molecular weight is 205 g/mol. The smallest absolute Gasteiger partial charge is 0.0767 e. The van der Waals surface area contributed by atoms with Crippen molar-refractivity contribution < 1.29 is 5.11 Å². The van der Waals surface area contributed by atoms with Gasteiger partial charge in [-0.2, -0.15) is 11.8 Å². The van der Waals surface area contributed by atoms with Crippen LogP contribution in [0, 0.1) is 0 Å². The molecule has 0 fully saturated rings. The van der Waals surface area contributed by atoms with Gasteiger partial charge in [0.05, 0.1) is 5.60 Å². The molecule has 0 radical (unpaired) electrons. The van der Waals surface area contributed by atoms with E-state index in [9.17, 15) is 5.11 Å². The first kappa shape index (κ1) is 13.3. The highest BCUT2D eigenvalue weighted by molar-refractivity contribution is 7.99. The summed E-state index contributed by atoms with van der Waals surface area (Å²) in [5.74, 6) is 1.12. The van der Waals surface area contributed by atoms with Gasteiger partial charge < -0.3 is 10.8 Å². The second kappa shape index (κ2) is 6.68. The Morgan fingerprint density at radius 3 is 2.46 bits per heavy atom. The third kappa shape index (κ3) is 6.36. The zero-order valence-corrected chi connectivity index (χ0v) is 9.86. The Labute approximate surface area is 86.3 Å². The number of hydrogen-bond donors (Lipinski definition) is 2. The normalized spacial score (nSPS) is 16.2. The van der Waals surface area contributed by atoms with Crippen LogP contribution in [0.2, 0.25) is 0 Å². The van der Waals surface area contributed by atoms with Crippen LogP contribution in [0.25, 0.3) is 0 Å². The fourth-order valence-electron chi connectivity index (χ4n) is 1.14. The average Bonchev–Trinajstić information content (AvgIpc) is 2.12. The first-order valence-corrected chi connectivity index (χ1v) is 6.13. The van der Waals surface area contributed by atoms with Crippen molar-refractivity contribution in [3.63, 3.8) is 0 Å². The number of rotatable bonds is 7. The lowest BCUT2D eigenvalue weighted by molar-refractivity contribution is 0.0360. The first-order chi connectivity index (χ1) is 6.04. The number of hydrogen-bond acceptors (Lipinski definition) is 3.